The summed E-state index contributed by atoms with van der Waals surface area (Å²) in [5.41, 5.74) is 3.06. The third-order valence-electron chi connectivity index (χ3n) is 4.26. The Kier molecular flexibility index (Phi) is 6.20. The number of imidazole rings is 1. The first-order valence-corrected chi connectivity index (χ1v) is 8.91. The first kappa shape index (κ1) is 18.6. The van der Waals surface area contributed by atoms with Crippen molar-refractivity contribution < 1.29 is 4.39 Å². The van der Waals surface area contributed by atoms with E-state index >= 15 is 0 Å². The molecule has 0 atom stereocenters. The zero-order valence-electron chi connectivity index (χ0n) is 15.6. The van der Waals surface area contributed by atoms with Gasteiger partial charge in [0.1, 0.15) is 11.6 Å². The predicted molar refractivity (Wildman–Crippen MR) is 107 cm³/mol. The summed E-state index contributed by atoms with van der Waals surface area (Å²) in [6.07, 6.45) is 2.57. The summed E-state index contributed by atoms with van der Waals surface area (Å²) < 4.78 is 13.3. The van der Waals surface area contributed by atoms with Gasteiger partial charge in [-0.1, -0.05) is 42.5 Å². The van der Waals surface area contributed by atoms with Gasteiger partial charge in [0.05, 0.1) is 18.4 Å². The van der Waals surface area contributed by atoms with Gasteiger partial charge in [-0.15, -0.1) is 0 Å². The van der Waals surface area contributed by atoms with Crippen LogP contribution in [0.5, 0.6) is 0 Å². The number of halogens is 1. The van der Waals surface area contributed by atoms with Gasteiger partial charge in [-0.25, -0.2) is 9.37 Å². The fraction of sp³-hybridized carbons (Fsp3) is 0.238. The Hall–Kier alpha value is -3.15. The molecule has 0 spiro atoms. The number of nitrogens with zero attached hydrogens (tertiary/aromatic N) is 3. The number of guanidine groups is 1. The first-order valence-electron chi connectivity index (χ1n) is 8.91. The maximum absolute atomic E-state index is 13.3. The molecule has 6 heteroatoms. The molecular weight excluding hydrogens is 341 g/mol. The van der Waals surface area contributed by atoms with Crippen LogP contribution in [0, 0.1) is 5.82 Å². The number of aromatic nitrogens is 2. The van der Waals surface area contributed by atoms with Gasteiger partial charge in [0.15, 0.2) is 5.96 Å². The fourth-order valence-electron chi connectivity index (χ4n) is 2.90. The van der Waals surface area contributed by atoms with E-state index in [-0.39, 0.29) is 5.82 Å². The summed E-state index contributed by atoms with van der Waals surface area (Å²) in [6, 6.07) is 16.8. The minimum Gasteiger partial charge on any atom is -0.356 e. The lowest BCUT2D eigenvalue weighted by atomic mass is 10.1. The minimum absolute atomic E-state index is 0.207. The smallest absolute Gasteiger partial charge is 0.193 e. The largest absolute Gasteiger partial charge is 0.356 e. The van der Waals surface area contributed by atoms with E-state index < -0.39 is 0 Å². The third kappa shape index (κ3) is 5.17. The van der Waals surface area contributed by atoms with E-state index in [1.807, 2.05) is 54.5 Å². The van der Waals surface area contributed by atoms with Gasteiger partial charge < -0.3 is 15.2 Å². The van der Waals surface area contributed by atoms with Gasteiger partial charge in [0.2, 0.25) is 0 Å². The van der Waals surface area contributed by atoms with Gasteiger partial charge in [-0.05, 0) is 29.7 Å². The molecular formula is C21H24FN5. The van der Waals surface area contributed by atoms with Gasteiger partial charge in [0.25, 0.3) is 0 Å². The van der Waals surface area contributed by atoms with Crippen molar-refractivity contribution in [2.24, 2.45) is 4.99 Å². The molecule has 140 valence electrons. The summed E-state index contributed by atoms with van der Waals surface area (Å²) in [5.74, 6) is 1.43. The van der Waals surface area contributed by atoms with Crippen LogP contribution in [-0.4, -0.2) is 41.5 Å². The Morgan fingerprint density at radius 3 is 2.74 bits per heavy atom. The number of hydrogen-bond donors (Lipinski definition) is 2. The van der Waals surface area contributed by atoms with Crippen LogP contribution in [0.3, 0.4) is 0 Å². The van der Waals surface area contributed by atoms with Gasteiger partial charge >= 0.3 is 0 Å². The molecule has 5 nitrogen and oxygen atoms in total. The molecule has 0 amide bonds. The highest BCUT2D eigenvalue weighted by atomic mass is 19.1. The van der Waals surface area contributed by atoms with E-state index in [9.17, 15) is 4.39 Å². The van der Waals surface area contributed by atoms with Crippen LogP contribution in [0.25, 0.3) is 11.3 Å². The second kappa shape index (κ2) is 8.98. The highest BCUT2D eigenvalue weighted by Crippen LogP contribution is 2.16. The van der Waals surface area contributed by atoms with Crippen molar-refractivity contribution in [3.05, 3.63) is 78.0 Å². The standard InChI is InChI=1S/C21H24FN5/c1-23-21(24-12-11-16-7-6-10-18(22)13-16)27(2)15-20-25-14-19(26-20)17-8-4-3-5-9-17/h3-10,13-14H,11-12,15H2,1-2H3,(H,23,24)(H,25,26). The number of rotatable bonds is 6. The van der Waals surface area contributed by atoms with E-state index in [0.717, 1.165) is 35.0 Å². The van der Waals surface area contributed by atoms with E-state index in [2.05, 4.69) is 20.3 Å². The second-order valence-electron chi connectivity index (χ2n) is 6.32. The van der Waals surface area contributed by atoms with Crippen LogP contribution in [0.4, 0.5) is 4.39 Å². The van der Waals surface area contributed by atoms with Crippen molar-refractivity contribution in [1.82, 2.24) is 20.2 Å². The highest BCUT2D eigenvalue weighted by Gasteiger charge is 2.09. The van der Waals surface area contributed by atoms with Gasteiger partial charge in [-0.2, -0.15) is 0 Å². The number of H-pyrrole nitrogens is 1. The van der Waals surface area contributed by atoms with E-state index in [4.69, 9.17) is 0 Å². The average molecular weight is 365 g/mol. The molecule has 0 aliphatic rings. The quantitative estimate of drug-likeness (QED) is 0.519. The maximum Gasteiger partial charge on any atom is 0.193 e. The zero-order valence-corrected chi connectivity index (χ0v) is 15.6. The summed E-state index contributed by atoms with van der Waals surface area (Å²) in [6.45, 7) is 1.28. The number of benzene rings is 2. The van der Waals surface area contributed by atoms with Gasteiger partial charge in [-0.3, -0.25) is 4.99 Å². The molecule has 1 heterocycles. The van der Waals surface area contributed by atoms with E-state index in [0.29, 0.717) is 13.1 Å². The molecule has 2 aromatic carbocycles. The first-order chi connectivity index (χ1) is 13.2. The Bertz CT molecular complexity index is 888. The lowest BCUT2D eigenvalue weighted by molar-refractivity contribution is 0.464. The Labute approximate surface area is 159 Å². The van der Waals surface area contributed by atoms with Crippen LogP contribution in [0.15, 0.2) is 65.8 Å². The molecule has 0 aliphatic carbocycles. The molecule has 0 radical (unpaired) electrons. The van der Waals surface area contributed by atoms with Crippen LogP contribution in [0.2, 0.25) is 0 Å². The molecule has 3 rings (SSSR count). The molecule has 0 unspecified atom stereocenters. The zero-order chi connectivity index (χ0) is 19.1. The highest BCUT2D eigenvalue weighted by molar-refractivity contribution is 5.79. The van der Waals surface area contributed by atoms with Gasteiger partial charge in [0, 0.05) is 20.6 Å². The summed E-state index contributed by atoms with van der Waals surface area (Å²) in [4.78, 5) is 14.1. The molecule has 0 aliphatic heterocycles. The van der Waals surface area contributed by atoms with Crippen molar-refractivity contribution in [1.29, 1.82) is 0 Å². The molecule has 0 saturated carbocycles. The summed E-state index contributed by atoms with van der Waals surface area (Å²) in [7, 11) is 3.71. The second-order valence-corrected chi connectivity index (χ2v) is 6.32. The molecule has 2 N–H and O–H groups in total. The number of aromatic amines is 1. The third-order valence-corrected chi connectivity index (χ3v) is 4.26. The number of hydrogen-bond acceptors (Lipinski definition) is 2. The normalized spacial score (nSPS) is 11.4. The van der Waals surface area contributed by atoms with E-state index in [1.54, 1.807) is 19.2 Å². The predicted octanol–water partition coefficient (Wildman–Crippen LogP) is 3.47. The lowest BCUT2D eigenvalue weighted by Crippen LogP contribution is -2.39. The fourth-order valence-corrected chi connectivity index (χ4v) is 2.90. The monoisotopic (exact) mass is 365 g/mol. The summed E-state index contributed by atoms with van der Waals surface area (Å²) >= 11 is 0. The van der Waals surface area contributed by atoms with Crippen LogP contribution >= 0.6 is 0 Å². The summed E-state index contributed by atoms with van der Waals surface area (Å²) in [5, 5.41) is 3.31. The number of aliphatic imine (C=N–C) groups is 1. The lowest BCUT2D eigenvalue weighted by Gasteiger charge is -2.21. The number of nitrogens with one attached hydrogen (secondary N) is 2. The van der Waals surface area contributed by atoms with Crippen molar-refractivity contribution in [3.8, 4) is 11.3 Å². The van der Waals surface area contributed by atoms with Crippen LogP contribution < -0.4 is 5.32 Å². The Balaban J connectivity index is 1.54. The van der Waals surface area contributed by atoms with E-state index in [1.165, 1.54) is 6.07 Å². The minimum atomic E-state index is -0.207. The molecule has 1 aromatic heterocycles. The van der Waals surface area contributed by atoms with Crippen molar-refractivity contribution in [2.45, 2.75) is 13.0 Å². The molecule has 0 saturated heterocycles. The topological polar surface area (TPSA) is 56.3 Å². The van der Waals surface area contributed by atoms with Crippen molar-refractivity contribution in [3.63, 3.8) is 0 Å². The van der Waals surface area contributed by atoms with Crippen molar-refractivity contribution >= 4 is 5.96 Å². The van der Waals surface area contributed by atoms with Crippen LogP contribution in [-0.2, 0) is 13.0 Å². The molecule has 0 bridgehead atoms. The maximum atomic E-state index is 13.3. The molecule has 27 heavy (non-hydrogen) atoms. The van der Waals surface area contributed by atoms with Crippen molar-refractivity contribution in [2.75, 3.05) is 20.6 Å². The SMILES string of the molecule is CN=C(NCCc1cccc(F)c1)N(C)Cc1ncc(-c2ccccc2)[nH]1. The molecule has 0 fully saturated rings. The van der Waals surface area contributed by atoms with Crippen LogP contribution in [0.1, 0.15) is 11.4 Å². The Morgan fingerprint density at radius 2 is 2.00 bits per heavy atom. The molecule has 3 aromatic rings. The average Bonchev–Trinajstić information content (AvgIpc) is 3.14. The Morgan fingerprint density at radius 1 is 1.19 bits per heavy atom.